The number of nitrogens with two attached hydrogens (primary N) is 1. The third-order valence-corrected chi connectivity index (χ3v) is 3.24. The molecule has 0 fully saturated rings. The molecule has 1 rings (SSSR count). The minimum absolute atomic E-state index is 0.123. The first kappa shape index (κ1) is 14.7. The second kappa shape index (κ2) is 7.88. The van der Waals surface area contributed by atoms with Gasteiger partial charge in [-0.1, -0.05) is 44.2 Å². The summed E-state index contributed by atoms with van der Waals surface area (Å²) in [4.78, 5) is 11.6. The van der Waals surface area contributed by atoms with Gasteiger partial charge in [0.1, 0.15) is 0 Å². The van der Waals surface area contributed by atoms with Gasteiger partial charge in [-0.05, 0) is 30.4 Å². The van der Waals surface area contributed by atoms with Crippen LogP contribution in [0.3, 0.4) is 0 Å². The molecule has 3 nitrogen and oxygen atoms in total. The number of hydrogen-bond donors (Lipinski definition) is 2. The highest BCUT2D eigenvalue weighted by molar-refractivity contribution is 5.75. The molecule has 0 aromatic heterocycles. The molecule has 3 N–H and O–H groups in total. The van der Waals surface area contributed by atoms with E-state index < -0.39 is 0 Å². The average molecular weight is 248 g/mol. The molecule has 1 aromatic rings. The number of hydrogen-bond acceptors (Lipinski definition) is 2. The zero-order valence-electron chi connectivity index (χ0n) is 11.4. The largest absolute Gasteiger partial charge is 0.356 e. The Hall–Kier alpha value is -1.35. The summed E-state index contributed by atoms with van der Waals surface area (Å²) in [6.07, 6.45) is 1.43. The maximum Gasteiger partial charge on any atom is 0.220 e. The van der Waals surface area contributed by atoms with E-state index in [4.69, 9.17) is 5.73 Å². The van der Waals surface area contributed by atoms with E-state index in [2.05, 4.69) is 31.3 Å². The van der Waals surface area contributed by atoms with Crippen LogP contribution in [0.5, 0.6) is 0 Å². The predicted octanol–water partition coefficient (Wildman–Crippen LogP) is 2.28. The van der Waals surface area contributed by atoms with Crippen molar-refractivity contribution in [2.75, 3.05) is 13.1 Å². The van der Waals surface area contributed by atoms with E-state index in [-0.39, 0.29) is 5.91 Å². The van der Waals surface area contributed by atoms with Gasteiger partial charge in [-0.3, -0.25) is 4.79 Å². The van der Waals surface area contributed by atoms with E-state index in [0.717, 1.165) is 6.42 Å². The second-order valence-electron chi connectivity index (χ2n) is 5.00. The van der Waals surface area contributed by atoms with E-state index >= 15 is 0 Å². The molecule has 0 aliphatic heterocycles. The standard InChI is InChI=1S/C15H24N2O/c1-12(10-16)8-9-15(18)17-11-13(2)14-6-4-3-5-7-14/h3-7,12-13H,8-11,16H2,1-2H3,(H,17,18). The highest BCUT2D eigenvalue weighted by Crippen LogP contribution is 2.13. The summed E-state index contributed by atoms with van der Waals surface area (Å²) in [5.41, 5.74) is 6.78. The van der Waals surface area contributed by atoms with Crippen LogP contribution >= 0.6 is 0 Å². The van der Waals surface area contributed by atoms with E-state index in [1.807, 2.05) is 18.2 Å². The molecule has 3 heteroatoms. The maximum absolute atomic E-state index is 11.6. The number of rotatable bonds is 7. The number of benzene rings is 1. The molecule has 2 atom stereocenters. The monoisotopic (exact) mass is 248 g/mol. The highest BCUT2D eigenvalue weighted by Gasteiger charge is 2.08. The number of carbonyl (C=O) groups is 1. The molecule has 1 aromatic carbocycles. The van der Waals surface area contributed by atoms with E-state index in [1.165, 1.54) is 5.56 Å². The van der Waals surface area contributed by atoms with Crippen molar-refractivity contribution in [3.63, 3.8) is 0 Å². The minimum Gasteiger partial charge on any atom is -0.356 e. The molecule has 0 saturated carbocycles. The third kappa shape index (κ3) is 5.32. The molecule has 0 aliphatic rings. The fourth-order valence-corrected chi connectivity index (χ4v) is 1.75. The Balaban J connectivity index is 2.26. The zero-order chi connectivity index (χ0) is 13.4. The lowest BCUT2D eigenvalue weighted by Gasteiger charge is -2.13. The topological polar surface area (TPSA) is 55.1 Å². The summed E-state index contributed by atoms with van der Waals surface area (Å²) >= 11 is 0. The van der Waals surface area contributed by atoms with Gasteiger partial charge in [-0.25, -0.2) is 0 Å². The summed E-state index contributed by atoms with van der Waals surface area (Å²) in [6, 6.07) is 10.2. The normalized spacial score (nSPS) is 13.9. The van der Waals surface area contributed by atoms with Crippen molar-refractivity contribution in [3.8, 4) is 0 Å². The highest BCUT2D eigenvalue weighted by atomic mass is 16.1. The Kier molecular flexibility index (Phi) is 6.44. The van der Waals surface area contributed by atoms with Gasteiger partial charge in [-0.2, -0.15) is 0 Å². The van der Waals surface area contributed by atoms with Crippen LogP contribution in [-0.4, -0.2) is 19.0 Å². The van der Waals surface area contributed by atoms with Crippen molar-refractivity contribution in [3.05, 3.63) is 35.9 Å². The van der Waals surface area contributed by atoms with Crippen LogP contribution in [0.25, 0.3) is 0 Å². The van der Waals surface area contributed by atoms with Gasteiger partial charge in [0.25, 0.3) is 0 Å². The summed E-state index contributed by atoms with van der Waals surface area (Å²) in [5.74, 6) is 0.891. The van der Waals surface area contributed by atoms with Crippen LogP contribution < -0.4 is 11.1 Å². The van der Waals surface area contributed by atoms with Crippen LogP contribution in [0.1, 0.15) is 38.2 Å². The zero-order valence-corrected chi connectivity index (χ0v) is 11.4. The number of amides is 1. The molecule has 0 aliphatic carbocycles. The molecule has 0 radical (unpaired) electrons. The van der Waals surface area contributed by atoms with Gasteiger partial charge in [0.15, 0.2) is 0 Å². The van der Waals surface area contributed by atoms with Crippen molar-refractivity contribution < 1.29 is 4.79 Å². The first-order valence-electron chi connectivity index (χ1n) is 6.65. The fraction of sp³-hybridized carbons (Fsp3) is 0.533. The lowest BCUT2D eigenvalue weighted by molar-refractivity contribution is -0.121. The van der Waals surface area contributed by atoms with Crippen LogP contribution in [-0.2, 0) is 4.79 Å². The minimum atomic E-state index is 0.123. The SMILES string of the molecule is CC(CN)CCC(=O)NCC(C)c1ccccc1. The maximum atomic E-state index is 11.6. The van der Waals surface area contributed by atoms with Gasteiger partial charge in [0, 0.05) is 13.0 Å². The van der Waals surface area contributed by atoms with Crippen molar-refractivity contribution in [1.29, 1.82) is 0 Å². The Labute approximate surface area is 110 Å². The molecule has 2 unspecified atom stereocenters. The quantitative estimate of drug-likeness (QED) is 0.778. The predicted molar refractivity (Wildman–Crippen MR) is 75.3 cm³/mol. The Bertz CT molecular complexity index is 351. The summed E-state index contributed by atoms with van der Waals surface area (Å²) in [7, 11) is 0. The molecular weight excluding hydrogens is 224 g/mol. The smallest absolute Gasteiger partial charge is 0.220 e. The Morgan fingerprint density at radius 1 is 1.28 bits per heavy atom. The fourth-order valence-electron chi connectivity index (χ4n) is 1.75. The first-order valence-corrected chi connectivity index (χ1v) is 6.65. The summed E-state index contributed by atoms with van der Waals surface area (Å²) in [5, 5.41) is 2.98. The summed E-state index contributed by atoms with van der Waals surface area (Å²) < 4.78 is 0. The lowest BCUT2D eigenvalue weighted by atomic mass is 10.0. The van der Waals surface area contributed by atoms with Gasteiger partial charge in [0.2, 0.25) is 5.91 Å². The second-order valence-corrected chi connectivity index (χ2v) is 5.00. The van der Waals surface area contributed by atoms with E-state index in [1.54, 1.807) is 0 Å². The molecule has 0 heterocycles. The Morgan fingerprint density at radius 3 is 2.56 bits per heavy atom. The van der Waals surface area contributed by atoms with Gasteiger partial charge in [-0.15, -0.1) is 0 Å². The molecule has 1 amide bonds. The van der Waals surface area contributed by atoms with Crippen LogP contribution in [0.2, 0.25) is 0 Å². The number of carbonyl (C=O) groups excluding carboxylic acids is 1. The van der Waals surface area contributed by atoms with Crippen LogP contribution in [0.15, 0.2) is 30.3 Å². The van der Waals surface area contributed by atoms with Gasteiger partial charge < -0.3 is 11.1 Å². The van der Waals surface area contributed by atoms with Crippen molar-refractivity contribution in [1.82, 2.24) is 5.32 Å². The Morgan fingerprint density at radius 2 is 1.94 bits per heavy atom. The van der Waals surface area contributed by atoms with Gasteiger partial charge in [0.05, 0.1) is 0 Å². The van der Waals surface area contributed by atoms with E-state index in [0.29, 0.717) is 31.3 Å². The molecule has 18 heavy (non-hydrogen) atoms. The average Bonchev–Trinajstić information content (AvgIpc) is 2.42. The lowest BCUT2D eigenvalue weighted by Crippen LogP contribution is -2.28. The van der Waals surface area contributed by atoms with Gasteiger partial charge >= 0.3 is 0 Å². The first-order chi connectivity index (χ1) is 8.63. The van der Waals surface area contributed by atoms with E-state index in [9.17, 15) is 4.79 Å². The third-order valence-electron chi connectivity index (χ3n) is 3.24. The molecule has 100 valence electrons. The summed E-state index contributed by atoms with van der Waals surface area (Å²) in [6.45, 7) is 5.53. The molecule has 0 saturated heterocycles. The van der Waals surface area contributed by atoms with Crippen molar-refractivity contribution in [2.24, 2.45) is 11.7 Å². The van der Waals surface area contributed by atoms with Crippen LogP contribution in [0.4, 0.5) is 0 Å². The van der Waals surface area contributed by atoms with Crippen molar-refractivity contribution >= 4 is 5.91 Å². The van der Waals surface area contributed by atoms with Crippen LogP contribution in [0, 0.1) is 5.92 Å². The van der Waals surface area contributed by atoms with Crippen molar-refractivity contribution in [2.45, 2.75) is 32.6 Å². The molecular formula is C15H24N2O. The number of nitrogens with one attached hydrogen (secondary N) is 1. The molecule has 0 bridgehead atoms. The molecule has 0 spiro atoms.